The van der Waals surface area contributed by atoms with Crippen LogP contribution in [0.15, 0.2) is 6.07 Å². The molecule has 0 saturated carbocycles. The van der Waals surface area contributed by atoms with E-state index in [2.05, 4.69) is 12.0 Å². The molecule has 0 aliphatic carbocycles. The summed E-state index contributed by atoms with van der Waals surface area (Å²) < 4.78 is 1.79. The number of carbonyl (C=O) groups excluding carboxylic acids is 3. The van der Waals surface area contributed by atoms with Crippen molar-refractivity contribution in [2.45, 2.75) is 39.5 Å². The molecule has 3 heterocycles. The molecule has 1 aromatic rings. The fraction of sp³-hybridized carbons (Fsp3) is 0.700. The standard InChI is InChI=1S/C20H31N5O3/c1-4-5-17-14-18(21-22(17)3)20(28)24-8-6-16(7-9-24)19(27)25-12-10-23(11-13-25)15(2)26/h14,16H,4-13H2,1-3H3. The van der Waals surface area contributed by atoms with Crippen LogP contribution in [0, 0.1) is 5.92 Å². The molecule has 0 unspecified atom stereocenters. The third-order valence-corrected chi connectivity index (χ3v) is 5.87. The first kappa shape index (κ1) is 20.4. The summed E-state index contributed by atoms with van der Waals surface area (Å²) in [5.74, 6) is 0.153. The Balaban J connectivity index is 1.51. The van der Waals surface area contributed by atoms with E-state index in [-0.39, 0.29) is 23.6 Å². The number of hydrogen-bond acceptors (Lipinski definition) is 4. The van der Waals surface area contributed by atoms with E-state index < -0.39 is 0 Å². The Hall–Kier alpha value is -2.38. The van der Waals surface area contributed by atoms with Crippen LogP contribution in [0.25, 0.3) is 0 Å². The molecule has 2 aliphatic rings. The molecular formula is C20H31N5O3. The highest BCUT2D eigenvalue weighted by atomic mass is 16.2. The van der Waals surface area contributed by atoms with Crippen molar-refractivity contribution < 1.29 is 14.4 Å². The summed E-state index contributed by atoms with van der Waals surface area (Å²) in [5, 5.41) is 4.37. The van der Waals surface area contributed by atoms with Crippen molar-refractivity contribution in [1.29, 1.82) is 0 Å². The highest BCUT2D eigenvalue weighted by Gasteiger charge is 2.32. The summed E-state index contributed by atoms with van der Waals surface area (Å²) in [7, 11) is 1.87. The molecule has 0 atom stereocenters. The smallest absolute Gasteiger partial charge is 0.274 e. The molecule has 0 aromatic carbocycles. The summed E-state index contributed by atoms with van der Waals surface area (Å²) in [5.41, 5.74) is 1.57. The van der Waals surface area contributed by atoms with Gasteiger partial charge in [-0.1, -0.05) is 13.3 Å². The zero-order chi connectivity index (χ0) is 20.3. The number of aryl methyl sites for hydroxylation is 2. The molecular weight excluding hydrogens is 358 g/mol. The van der Waals surface area contributed by atoms with E-state index in [0.29, 0.717) is 57.8 Å². The topological polar surface area (TPSA) is 78.8 Å². The van der Waals surface area contributed by atoms with E-state index in [4.69, 9.17) is 0 Å². The predicted molar refractivity (Wildman–Crippen MR) is 105 cm³/mol. The van der Waals surface area contributed by atoms with Gasteiger partial charge < -0.3 is 14.7 Å². The largest absolute Gasteiger partial charge is 0.339 e. The summed E-state index contributed by atoms with van der Waals surface area (Å²) in [6, 6.07) is 1.89. The van der Waals surface area contributed by atoms with Crippen molar-refractivity contribution in [3.8, 4) is 0 Å². The van der Waals surface area contributed by atoms with Crippen LogP contribution in [-0.4, -0.2) is 81.5 Å². The Labute approximate surface area is 166 Å². The molecule has 0 radical (unpaired) electrons. The number of piperazine rings is 1. The lowest BCUT2D eigenvalue weighted by Gasteiger charge is -2.38. The first-order valence-corrected chi connectivity index (χ1v) is 10.3. The fourth-order valence-electron chi connectivity index (χ4n) is 4.09. The highest BCUT2D eigenvalue weighted by molar-refractivity contribution is 5.92. The molecule has 28 heavy (non-hydrogen) atoms. The van der Waals surface area contributed by atoms with Crippen LogP contribution in [-0.2, 0) is 23.1 Å². The summed E-state index contributed by atoms with van der Waals surface area (Å²) in [6.45, 7) is 7.27. The Bertz CT molecular complexity index is 728. The summed E-state index contributed by atoms with van der Waals surface area (Å²) in [6.07, 6.45) is 3.30. The van der Waals surface area contributed by atoms with E-state index in [0.717, 1.165) is 18.5 Å². The van der Waals surface area contributed by atoms with Crippen molar-refractivity contribution >= 4 is 17.7 Å². The normalized spacial score (nSPS) is 18.5. The van der Waals surface area contributed by atoms with Crippen molar-refractivity contribution in [2.75, 3.05) is 39.3 Å². The van der Waals surface area contributed by atoms with E-state index in [1.165, 1.54) is 0 Å². The zero-order valence-corrected chi connectivity index (χ0v) is 17.2. The minimum absolute atomic E-state index is 0.0349. The molecule has 1 aromatic heterocycles. The lowest BCUT2D eigenvalue weighted by Crippen LogP contribution is -2.52. The quantitative estimate of drug-likeness (QED) is 0.767. The van der Waals surface area contributed by atoms with E-state index in [9.17, 15) is 14.4 Å². The second-order valence-electron chi connectivity index (χ2n) is 7.79. The fourth-order valence-corrected chi connectivity index (χ4v) is 4.09. The van der Waals surface area contributed by atoms with Gasteiger partial charge in [-0.25, -0.2) is 0 Å². The number of carbonyl (C=O) groups is 3. The number of nitrogens with zero attached hydrogens (tertiary/aromatic N) is 5. The average Bonchev–Trinajstić information content (AvgIpc) is 3.08. The first-order chi connectivity index (χ1) is 13.4. The van der Waals surface area contributed by atoms with Gasteiger partial charge in [-0.2, -0.15) is 5.10 Å². The minimum atomic E-state index is -0.0427. The molecule has 3 amide bonds. The monoisotopic (exact) mass is 389 g/mol. The third-order valence-electron chi connectivity index (χ3n) is 5.87. The zero-order valence-electron chi connectivity index (χ0n) is 17.2. The molecule has 2 aliphatic heterocycles. The van der Waals surface area contributed by atoms with Crippen LogP contribution in [0.4, 0.5) is 0 Å². The number of rotatable bonds is 4. The van der Waals surface area contributed by atoms with E-state index in [1.54, 1.807) is 16.5 Å². The Kier molecular flexibility index (Phi) is 6.36. The molecule has 3 rings (SSSR count). The molecule has 8 heteroatoms. The molecule has 0 spiro atoms. The van der Waals surface area contributed by atoms with E-state index in [1.807, 2.05) is 22.9 Å². The van der Waals surface area contributed by atoms with Gasteiger partial charge in [0, 0.05) is 64.9 Å². The van der Waals surface area contributed by atoms with Crippen molar-refractivity contribution in [1.82, 2.24) is 24.5 Å². The van der Waals surface area contributed by atoms with Crippen LogP contribution < -0.4 is 0 Å². The molecule has 2 saturated heterocycles. The second kappa shape index (κ2) is 8.75. The highest BCUT2D eigenvalue weighted by Crippen LogP contribution is 2.22. The van der Waals surface area contributed by atoms with Crippen molar-refractivity contribution in [3.05, 3.63) is 17.5 Å². The number of hydrogen-bond donors (Lipinski definition) is 0. The molecule has 0 bridgehead atoms. The van der Waals surface area contributed by atoms with Crippen LogP contribution in [0.5, 0.6) is 0 Å². The predicted octanol–water partition coefficient (Wildman–Crippen LogP) is 0.916. The van der Waals surface area contributed by atoms with Gasteiger partial charge in [0.2, 0.25) is 11.8 Å². The van der Waals surface area contributed by atoms with Crippen molar-refractivity contribution in [2.24, 2.45) is 13.0 Å². The molecule has 154 valence electrons. The van der Waals surface area contributed by atoms with Crippen LogP contribution in [0.2, 0.25) is 0 Å². The Morgan fingerprint density at radius 3 is 2.18 bits per heavy atom. The summed E-state index contributed by atoms with van der Waals surface area (Å²) >= 11 is 0. The Morgan fingerprint density at radius 1 is 1.00 bits per heavy atom. The maximum atomic E-state index is 12.8. The number of piperidine rings is 1. The molecule has 2 fully saturated rings. The first-order valence-electron chi connectivity index (χ1n) is 10.3. The van der Waals surface area contributed by atoms with Crippen LogP contribution >= 0.6 is 0 Å². The van der Waals surface area contributed by atoms with Crippen LogP contribution in [0.1, 0.15) is 49.3 Å². The van der Waals surface area contributed by atoms with E-state index >= 15 is 0 Å². The number of amides is 3. The van der Waals surface area contributed by atoms with Gasteiger partial charge in [0.25, 0.3) is 5.91 Å². The van der Waals surface area contributed by atoms with Crippen LogP contribution in [0.3, 0.4) is 0 Å². The van der Waals surface area contributed by atoms with Gasteiger partial charge in [0.05, 0.1) is 0 Å². The lowest BCUT2D eigenvalue weighted by molar-refractivity contribution is -0.142. The van der Waals surface area contributed by atoms with Gasteiger partial charge in [0.1, 0.15) is 0 Å². The van der Waals surface area contributed by atoms with Gasteiger partial charge in [-0.3, -0.25) is 19.1 Å². The van der Waals surface area contributed by atoms with Gasteiger partial charge in [-0.05, 0) is 25.3 Å². The second-order valence-corrected chi connectivity index (χ2v) is 7.79. The van der Waals surface area contributed by atoms with Crippen molar-refractivity contribution in [3.63, 3.8) is 0 Å². The molecule has 8 nitrogen and oxygen atoms in total. The maximum absolute atomic E-state index is 12.8. The Morgan fingerprint density at radius 2 is 1.61 bits per heavy atom. The third kappa shape index (κ3) is 4.36. The SMILES string of the molecule is CCCc1cc(C(=O)N2CCC(C(=O)N3CCN(C(C)=O)CC3)CC2)nn1C. The average molecular weight is 390 g/mol. The minimum Gasteiger partial charge on any atom is -0.339 e. The van der Waals surface area contributed by atoms with Gasteiger partial charge >= 0.3 is 0 Å². The summed E-state index contributed by atoms with van der Waals surface area (Å²) in [4.78, 5) is 42.5. The van der Waals surface area contributed by atoms with Gasteiger partial charge in [-0.15, -0.1) is 0 Å². The lowest BCUT2D eigenvalue weighted by atomic mass is 9.94. The maximum Gasteiger partial charge on any atom is 0.274 e. The van der Waals surface area contributed by atoms with Gasteiger partial charge in [0.15, 0.2) is 5.69 Å². The number of likely N-dealkylation sites (tertiary alicyclic amines) is 1. The molecule has 0 N–H and O–H groups in total. The number of aromatic nitrogens is 2.